The van der Waals surface area contributed by atoms with Crippen LogP contribution in [-0.4, -0.2) is 16.5 Å². The van der Waals surface area contributed by atoms with Crippen molar-refractivity contribution < 1.29 is 5.11 Å². The quantitative estimate of drug-likeness (QED) is 0.598. The standard InChI is InChI=1S/C15H21NOS.C2H6/c1-12(2)8-9-13(3)16(4)18-15-7-5-6-14(10-15)11-17;1-2/h5-10,12,17H,3,11H2,1-2,4H3;1-2H3/b9-8-;. The van der Waals surface area contributed by atoms with Crippen LogP contribution in [0.2, 0.25) is 0 Å². The van der Waals surface area contributed by atoms with Crippen molar-refractivity contribution in [1.29, 1.82) is 0 Å². The normalized spacial score (nSPS) is 10.3. The Morgan fingerprint density at radius 1 is 1.40 bits per heavy atom. The molecule has 0 fully saturated rings. The molecule has 0 unspecified atom stereocenters. The molecule has 0 spiro atoms. The summed E-state index contributed by atoms with van der Waals surface area (Å²) in [6.45, 7) is 12.4. The second-order valence-corrected chi connectivity index (χ2v) is 5.69. The first-order valence-electron chi connectivity index (χ1n) is 7.01. The monoisotopic (exact) mass is 293 g/mol. The van der Waals surface area contributed by atoms with Crippen molar-refractivity contribution >= 4 is 11.9 Å². The van der Waals surface area contributed by atoms with Crippen molar-refractivity contribution in [2.24, 2.45) is 5.92 Å². The minimum Gasteiger partial charge on any atom is -0.392 e. The van der Waals surface area contributed by atoms with Crippen molar-refractivity contribution in [1.82, 2.24) is 4.31 Å². The molecule has 1 aromatic rings. The van der Waals surface area contributed by atoms with Crippen LogP contribution >= 0.6 is 11.9 Å². The third-order valence-electron chi connectivity index (χ3n) is 2.40. The first kappa shape index (κ1) is 18.8. The number of hydrogen-bond donors (Lipinski definition) is 1. The van der Waals surface area contributed by atoms with Gasteiger partial charge in [0.15, 0.2) is 0 Å². The van der Waals surface area contributed by atoms with Crippen LogP contribution < -0.4 is 0 Å². The fraction of sp³-hybridized carbons (Fsp3) is 0.412. The number of nitrogens with zero attached hydrogens (tertiary/aromatic N) is 1. The Kier molecular flexibility index (Phi) is 9.95. The molecular weight excluding hydrogens is 266 g/mol. The van der Waals surface area contributed by atoms with E-state index in [9.17, 15) is 0 Å². The molecule has 0 radical (unpaired) electrons. The van der Waals surface area contributed by atoms with Crippen LogP contribution in [0.3, 0.4) is 0 Å². The molecule has 0 saturated carbocycles. The second-order valence-electron chi connectivity index (χ2n) is 4.49. The van der Waals surface area contributed by atoms with Crippen molar-refractivity contribution in [3.63, 3.8) is 0 Å². The summed E-state index contributed by atoms with van der Waals surface area (Å²) in [5, 5.41) is 9.10. The Morgan fingerprint density at radius 2 is 2.05 bits per heavy atom. The van der Waals surface area contributed by atoms with E-state index in [1.165, 1.54) is 0 Å². The van der Waals surface area contributed by atoms with Gasteiger partial charge in [0.1, 0.15) is 0 Å². The van der Waals surface area contributed by atoms with Gasteiger partial charge < -0.3 is 9.41 Å². The number of benzene rings is 1. The van der Waals surface area contributed by atoms with Gasteiger partial charge in [0, 0.05) is 17.6 Å². The predicted molar refractivity (Wildman–Crippen MR) is 90.5 cm³/mol. The van der Waals surface area contributed by atoms with E-state index in [-0.39, 0.29) is 6.61 Å². The molecule has 3 heteroatoms. The molecule has 0 aliphatic carbocycles. The van der Waals surface area contributed by atoms with Crippen LogP contribution in [0.25, 0.3) is 0 Å². The van der Waals surface area contributed by atoms with Gasteiger partial charge in [-0.15, -0.1) is 0 Å². The molecule has 0 saturated heterocycles. The number of allylic oxidation sites excluding steroid dienone is 2. The highest BCUT2D eigenvalue weighted by atomic mass is 32.2. The summed E-state index contributed by atoms with van der Waals surface area (Å²) >= 11 is 1.60. The highest BCUT2D eigenvalue weighted by Gasteiger charge is 2.03. The van der Waals surface area contributed by atoms with E-state index in [4.69, 9.17) is 5.11 Å². The van der Waals surface area contributed by atoms with Gasteiger partial charge in [-0.05, 0) is 41.6 Å². The zero-order chi connectivity index (χ0) is 15.5. The number of rotatable bonds is 6. The zero-order valence-corrected chi connectivity index (χ0v) is 14.1. The number of aliphatic hydroxyl groups excluding tert-OH is 1. The summed E-state index contributed by atoms with van der Waals surface area (Å²) in [7, 11) is 1.99. The van der Waals surface area contributed by atoms with Crippen LogP contribution in [0.1, 0.15) is 33.3 Å². The van der Waals surface area contributed by atoms with Crippen molar-refractivity contribution in [2.45, 2.75) is 39.2 Å². The SMILES string of the molecule is C=C(/C=C\C(C)C)N(C)Sc1cccc(CO)c1.CC. The maximum Gasteiger partial charge on any atom is 0.0682 e. The van der Waals surface area contributed by atoms with Crippen LogP contribution in [0.4, 0.5) is 0 Å². The maximum atomic E-state index is 9.10. The number of aliphatic hydroxyl groups is 1. The van der Waals surface area contributed by atoms with Gasteiger partial charge in [-0.2, -0.15) is 0 Å². The number of hydrogen-bond acceptors (Lipinski definition) is 3. The highest BCUT2D eigenvalue weighted by molar-refractivity contribution is 7.97. The second kappa shape index (κ2) is 10.6. The van der Waals surface area contributed by atoms with E-state index in [2.05, 4.69) is 26.5 Å². The average Bonchev–Trinajstić information content (AvgIpc) is 2.46. The maximum absolute atomic E-state index is 9.10. The lowest BCUT2D eigenvalue weighted by atomic mass is 10.2. The van der Waals surface area contributed by atoms with Gasteiger partial charge in [-0.1, -0.05) is 52.5 Å². The Bertz CT molecular complexity index is 427. The van der Waals surface area contributed by atoms with Gasteiger partial charge >= 0.3 is 0 Å². The molecule has 0 aliphatic rings. The van der Waals surface area contributed by atoms with E-state index < -0.39 is 0 Å². The van der Waals surface area contributed by atoms with Gasteiger partial charge in [0.2, 0.25) is 0 Å². The van der Waals surface area contributed by atoms with E-state index in [0.29, 0.717) is 5.92 Å². The predicted octanol–water partition coefficient (Wildman–Crippen LogP) is 4.87. The Hall–Kier alpha value is -1.19. The summed E-state index contributed by atoms with van der Waals surface area (Å²) in [6.07, 6.45) is 4.16. The third kappa shape index (κ3) is 7.41. The summed E-state index contributed by atoms with van der Waals surface area (Å²) in [5.41, 5.74) is 1.89. The lowest BCUT2D eigenvalue weighted by molar-refractivity contribution is 0.281. The summed E-state index contributed by atoms with van der Waals surface area (Å²) in [5.74, 6) is 0.526. The molecular formula is C17H27NOS. The molecule has 1 rings (SSSR count). The minimum absolute atomic E-state index is 0.0757. The average molecular weight is 293 g/mol. The van der Waals surface area contributed by atoms with Crippen molar-refractivity contribution in [3.8, 4) is 0 Å². The number of likely N-dealkylation sites (N-methyl/N-ethyl adjacent to an activating group) is 1. The largest absolute Gasteiger partial charge is 0.392 e. The molecule has 1 aromatic carbocycles. The molecule has 0 bridgehead atoms. The Morgan fingerprint density at radius 3 is 2.60 bits per heavy atom. The highest BCUT2D eigenvalue weighted by Crippen LogP contribution is 2.25. The minimum atomic E-state index is 0.0757. The fourth-order valence-corrected chi connectivity index (χ4v) is 2.16. The molecule has 0 aliphatic heterocycles. The first-order chi connectivity index (χ1) is 9.52. The van der Waals surface area contributed by atoms with E-state index in [1.807, 2.05) is 55.5 Å². The third-order valence-corrected chi connectivity index (χ3v) is 3.37. The van der Waals surface area contributed by atoms with E-state index >= 15 is 0 Å². The molecule has 20 heavy (non-hydrogen) atoms. The van der Waals surface area contributed by atoms with Crippen LogP contribution in [-0.2, 0) is 6.61 Å². The van der Waals surface area contributed by atoms with Gasteiger partial charge in [0.25, 0.3) is 0 Å². The Balaban J connectivity index is 0.00000172. The van der Waals surface area contributed by atoms with Crippen LogP contribution in [0.15, 0.2) is 53.6 Å². The Labute approximate surface area is 128 Å². The summed E-state index contributed by atoms with van der Waals surface area (Å²) in [6, 6.07) is 7.88. The molecule has 0 atom stereocenters. The molecule has 0 amide bonds. The molecule has 2 nitrogen and oxygen atoms in total. The molecule has 0 heterocycles. The van der Waals surface area contributed by atoms with E-state index in [0.717, 1.165) is 16.2 Å². The van der Waals surface area contributed by atoms with Crippen LogP contribution in [0, 0.1) is 5.92 Å². The summed E-state index contributed by atoms with van der Waals surface area (Å²) in [4.78, 5) is 1.10. The van der Waals surface area contributed by atoms with Crippen molar-refractivity contribution in [3.05, 3.63) is 54.3 Å². The van der Waals surface area contributed by atoms with Gasteiger partial charge in [-0.3, -0.25) is 0 Å². The summed E-state index contributed by atoms with van der Waals surface area (Å²) < 4.78 is 2.02. The lowest BCUT2D eigenvalue weighted by Gasteiger charge is -2.18. The van der Waals surface area contributed by atoms with Gasteiger partial charge in [0.05, 0.1) is 6.61 Å². The lowest BCUT2D eigenvalue weighted by Crippen LogP contribution is -2.05. The van der Waals surface area contributed by atoms with E-state index in [1.54, 1.807) is 11.9 Å². The topological polar surface area (TPSA) is 23.5 Å². The molecule has 0 aromatic heterocycles. The molecule has 112 valence electrons. The first-order valence-corrected chi connectivity index (χ1v) is 7.79. The molecule has 1 N–H and O–H groups in total. The van der Waals surface area contributed by atoms with Gasteiger partial charge in [-0.25, -0.2) is 0 Å². The van der Waals surface area contributed by atoms with Crippen molar-refractivity contribution in [2.75, 3.05) is 7.05 Å². The smallest absolute Gasteiger partial charge is 0.0682 e. The zero-order valence-electron chi connectivity index (χ0n) is 13.3. The van der Waals surface area contributed by atoms with Crippen LogP contribution in [0.5, 0.6) is 0 Å². The fourth-order valence-electron chi connectivity index (χ4n) is 1.33.